The maximum absolute atomic E-state index is 10.5. The summed E-state index contributed by atoms with van der Waals surface area (Å²) in [4.78, 5) is 10.5. The zero-order valence-electron chi connectivity index (χ0n) is 11.3. The van der Waals surface area contributed by atoms with Crippen LogP contribution in [0.1, 0.15) is 50.3 Å². The lowest BCUT2D eigenvalue weighted by Crippen LogP contribution is -2.18. The quantitative estimate of drug-likeness (QED) is 0.858. The van der Waals surface area contributed by atoms with Gasteiger partial charge in [0, 0.05) is 17.4 Å². The van der Waals surface area contributed by atoms with Crippen molar-refractivity contribution < 1.29 is 19.7 Å². The van der Waals surface area contributed by atoms with Crippen LogP contribution in [0.15, 0.2) is 18.2 Å². The molecule has 19 heavy (non-hydrogen) atoms. The highest BCUT2D eigenvalue weighted by molar-refractivity contribution is 5.66. The smallest absolute Gasteiger partial charge is 0.303 e. The van der Waals surface area contributed by atoms with Crippen molar-refractivity contribution in [3.8, 4) is 5.75 Å². The zero-order valence-corrected chi connectivity index (χ0v) is 11.3. The summed E-state index contributed by atoms with van der Waals surface area (Å²) < 4.78 is 5.60. The number of hydrogen-bond donors (Lipinski definition) is 2. The SMILES string of the molecule is CC1(C)COc2ccc([C@H](O)CCCC(=O)O)cc21. The molecule has 0 bridgehead atoms. The minimum absolute atomic E-state index is 0.0356. The Kier molecular flexibility index (Phi) is 3.80. The number of rotatable bonds is 5. The average molecular weight is 264 g/mol. The van der Waals surface area contributed by atoms with E-state index in [9.17, 15) is 9.90 Å². The minimum atomic E-state index is -0.823. The summed E-state index contributed by atoms with van der Waals surface area (Å²) in [6.07, 6.45) is 0.428. The second-order valence-corrected chi connectivity index (χ2v) is 5.73. The van der Waals surface area contributed by atoms with E-state index in [4.69, 9.17) is 9.84 Å². The molecule has 1 aromatic rings. The summed E-state index contributed by atoms with van der Waals surface area (Å²) in [5.41, 5.74) is 1.91. The van der Waals surface area contributed by atoms with E-state index in [0.29, 0.717) is 19.4 Å². The van der Waals surface area contributed by atoms with Crippen molar-refractivity contribution >= 4 is 5.97 Å². The van der Waals surface area contributed by atoms with Gasteiger partial charge in [0.2, 0.25) is 0 Å². The third-order valence-electron chi connectivity index (χ3n) is 3.57. The number of aliphatic hydroxyl groups excluding tert-OH is 1. The number of ether oxygens (including phenoxy) is 1. The molecule has 1 aliphatic heterocycles. The van der Waals surface area contributed by atoms with Crippen molar-refractivity contribution in [1.82, 2.24) is 0 Å². The lowest BCUT2D eigenvalue weighted by Gasteiger charge is -2.17. The fourth-order valence-electron chi connectivity index (χ4n) is 2.36. The van der Waals surface area contributed by atoms with Crippen LogP contribution in [0.2, 0.25) is 0 Å². The summed E-state index contributed by atoms with van der Waals surface area (Å²) in [5, 5.41) is 18.7. The van der Waals surface area contributed by atoms with Crippen molar-refractivity contribution in [1.29, 1.82) is 0 Å². The van der Waals surface area contributed by atoms with Crippen LogP contribution in [0.25, 0.3) is 0 Å². The van der Waals surface area contributed by atoms with Crippen LogP contribution < -0.4 is 4.74 Å². The number of carboxylic acids is 1. The molecule has 0 aromatic heterocycles. The molecule has 4 nitrogen and oxygen atoms in total. The molecule has 1 aromatic carbocycles. The summed E-state index contributed by atoms with van der Waals surface area (Å²) >= 11 is 0. The van der Waals surface area contributed by atoms with Gasteiger partial charge in [0.15, 0.2) is 0 Å². The Morgan fingerprint density at radius 1 is 1.47 bits per heavy atom. The molecule has 4 heteroatoms. The third-order valence-corrected chi connectivity index (χ3v) is 3.57. The molecule has 1 aliphatic rings. The van der Waals surface area contributed by atoms with Crippen LogP contribution in [-0.2, 0) is 10.2 Å². The average Bonchev–Trinajstić information content (AvgIpc) is 2.64. The van der Waals surface area contributed by atoms with Crippen LogP contribution in [0.5, 0.6) is 5.75 Å². The van der Waals surface area contributed by atoms with Gasteiger partial charge in [-0.25, -0.2) is 0 Å². The highest BCUT2D eigenvalue weighted by Gasteiger charge is 2.32. The molecule has 1 atom stereocenters. The molecule has 0 amide bonds. The van der Waals surface area contributed by atoms with Gasteiger partial charge in [-0.05, 0) is 30.5 Å². The second-order valence-electron chi connectivity index (χ2n) is 5.73. The third kappa shape index (κ3) is 3.07. The van der Waals surface area contributed by atoms with Gasteiger partial charge in [-0.15, -0.1) is 0 Å². The highest BCUT2D eigenvalue weighted by Crippen LogP contribution is 2.39. The number of hydrogen-bond acceptors (Lipinski definition) is 3. The lowest BCUT2D eigenvalue weighted by atomic mass is 9.85. The monoisotopic (exact) mass is 264 g/mol. The van der Waals surface area contributed by atoms with Crippen molar-refractivity contribution in [2.45, 2.75) is 44.6 Å². The van der Waals surface area contributed by atoms with Crippen LogP contribution in [0.4, 0.5) is 0 Å². The number of fused-ring (bicyclic) bond motifs is 1. The van der Waals surface area contributed by atoms with Crippen LogP contribution in [-0.4, -0.2) is 22.8 Å². The Morgan fingerprint density at radius 3 is 2.89 bits per heavy atom. The fraction of sp³-hybridized carbons (Fsp3) is 0.533. The number of aliphatic hydroxyl groups is 1. The Balaban J connectivity index is 2.07. The summed E-state index contributed by atoms with van der Waals surface area (Å²) in [6, 6.07) is 5.72. The van der Waals surface area contributed by atoms with Gasteiger partial charge < -0.3 is 14.9 Å². The number of benzene rings is 1. The van der Waals surface area contributed by atoms with Gasteiger partial charge >= 0.3 is 5.97 Å². The first kappa shape index (κ1) is 13.9. The van der Waals surface area contributed by atoms with E-state index in [1.807, 2.05) is 18.2 Å². The van der Waals surface area contributed by atoms with Crippen LogP contribution in [0.3, 0.4) is 0 Å². The predicted molar refractivity (Wildman–Crippen MR) is 71.4 cm³/mol. The number of carbonyl (C=O) groups is 1. The molecule has 0 radical (unpaired) electrons. The molecule has 104 valence electrons. The molecular weight excluding hydrogens is 244 g/mol. The minimum Gasteiger partial charge on any atom is -0.492 e. The second kappa shape index (κ2) is 5.21. The highest BCUT2D eigenvalue weighted by atomic mass is 16.5. The van der Waals surface area contributed by atoms with Crippen molar-refractivity contribution in [2.24, 2.45) is 0 Å². The van der Waals surface area contributed by atoms with Crippen molar-refractivity contribution in [3.05, 3.63) is 29.3 Å². The molecule has 0 fully saturated rings. The van der Waals surface area contributed by atoms with Gasteiger partial charge in [-0.1, -0.05) is 19.9 Å². The Morgan fingerprint density at radius 2 is 2.21 bits per heavy atom. The van der Waals surface area contributed by atoms with Gasteiger partial charge in [0.25, 0.3) is 0 Å². The summed E-state index contributed by atoms with van der Waals surface area (Å²) in [5.74, 6) is 0.0576. The normalized spacial score (nSPS) is 17.6. The topological polar surface area (TPSA) is 66.8 Å². The van der Waals surface area contributed by atoms with Crippen LogP contribution >= 0.6 is 0 Å². The summed E-state index contributed by atoms with van der Waals surface area (Å²) in [7, 11) is 0. The first-order chi connectivity index (χ1) is 8.90. The fourth-order valence-corrected chi connectivity index (χ4v) is 2.36. The van der Waals surface area contributed by atoms with Crippen LogP contribution in [0, 0.1) is 0 Å². The molecule has 0 saturated heterocycles. The van der Waals surface area contributed by atoms with Gasteiger partial charge in [0.05, 0.1) is 12.7 Å². The predicted octanol–water partition coefficient (Wildman–Crippen LogP) is 2.64. The maximum atomic E-state index is 10.5. The van der Waals surface area contributed by atoms with Crippen molar-refractivity contribution in [3.63, 3.8) is 0 Å². The molecule has 0 saturated carbocycles. The molecule has 0 unspecified atom stereocenters. The Hall–Kier alpha value is -1.55. The van der Waals surface area contributed by atoms with E-state index in [2.05, 4.69) is 13.8 Å². The molecule has 0 spiro atoms. The molecular formula is C15H20O4. The molecule has 0 aliphatic carbocycles. The number of aliphatic carboxylic acids is 1. The summed E-state index contributed by atoms with van der Waals surface area (Å²) in [6.45, 7) is 4.87. The van der Waals surface area contributed by atoms with E-state index in [-0.39, 0.29) is 11.8 Å². The lowest BCUT2D eigenvalue weighted by molar-refractivity contribution is -0.137. The Labute approximate surface area is 113 Å². The van der Waals surface area contributed by atoms with E-state index >= 15 is 0 Å². The maximum Gasteiger partial charge on any atom is 0.303 e. The van der Waals surface area contributed by atoms with E-state index in [1.54, 1.807) is 0 Å². The largest absolute Gasteiger partial charge is 0.492 e. The van der Waals surface area contributed by atoms with E-state index < -0.39 is 12.1 Å². The van der Waals surface area contributed by atoms with E-state index in [0.717, 1.165) is 16.9 Å². The molecule has 2 rings (SSSR count). The standard InChI is InChI=1S/C15H20O4/c1-15(2)9-19-13-7-6-10(8-11(13)15)12(16)4-3-5-14(17)18/h6-8,12,16H,3-5,9H2,1-2H3,(H,17,18)/t12-/m1/s1. The van der Waals surface area contributed by atoms with Gasteiger partial charge in [0.1, 0.15) is 5.75 Å². The van der Waals surface area contributed by atoms with Gasteiger partial charge in [-0.3, -0.25) is 4.79 Å². The molecule has 1 heterocycles. The first-order valence-corrected chi connectivity index (χ1v) is 6.57. The number of carboxylic acid groups (broad SMARTS) is 1. The molecule has 2 N–H and O–H groups in total. The zero-order chi connectivity index (χ0) is 14.0. The van der Waals surface area contributed by atoms with Gasteiger partial charge in [-0.2, -0.15) is 0 Å². The van der Waals surface area contributed by atoms with Crippen molar-refractivity contribution in [2.75, 3.05) is 6.61 Å². The van der Waals surface area contributed by atoms with E-state index in [1.165, 1.54) is 0 Å². The Bertz CT molecular complexity index is 479. The first-order valence-electron chi connectivity index (χ1n) is 6.57.